The highest BCUT2D eigenvalue weighted by Crippen LogP contribution is 2.32. The van der Waals surface area contributed by atoms with Crippen LogP contribution in [0.2, 0.25) is 0 Å². The Morgan fingerprint density at radius 2 is 2.06 bits per heavy atom. The average molecular weight is 439 g/mol. The molecule has 0 aliphatic carbocycles. The van der Waals surface area contributed by atoms with Crippen LogP contribution < -0.4 is 10.1 Å². The molecule has 0 spiro atoms. The number of likely N-dealkylation sites (N-methyl/N-ethyl adjacent to an activating group) is 1. The summed E-state index contributed by atoms with van der Waals surface area (Å²) in [4.78, 5) is 13.4. The smallest absolute Gasteiger partial charge is 0.406 e. The van der Waals surface area contributed by atoms with Gasteiger partial charge in [0.05, 0.1) is 18.3 Å². The van der Waals surface area contributed by atoms with Gasteiger partial charge in [-0.05, 0) is 56.6 Å². The monoisotopic (exact) mass is 438 g/mol. The summed E-state index contributed by atoms with van der Waals surface area (Å²) >= 11 is 0. The molecule has 1 aliphatic heterocycles. The van der Waals surface area contributed by atoms with E-state index in [1.807, 2.05) is 54.2 Å². The van der Waals surface area contributed by atoms with Crippen LogP contribution in [0.3, 0.4) is 0 Å². The molecule has 1 atom stereocenters. The Bertz CT molecular complexity index is 1030. The number of hydrogen-bond acceptors (Lipinski definition) is 6. The predicted octanol–water partition coefficient (Wildman–Crippen LogP) is 4.32. The van der Waals surface area contributed by atoms with Crippen molar-refractivity contribution in [1.29, 1.82) is 0 Å². The SMILES string of the molecule is COC(=O)NCCN(C)Cc1nn(C2CCCCO2)c2ccc(Oc3ccccc3)cc12. The van der Waals surface area contributed by atoms with Gasteiger partial charge in [-0.15, -0.1) is 0 Å². The summed E-state index contributed by atoms with van der Waals surface area (Å²) in [5, 5.41) is 8.70. The minimum Gasteiger partial charge on any atom is -0.457 e. The lowest BCUT2D eigenvalue weighted by atomic mass is 10.1. The maximum absolute atomic E-state index is 11.3. The maximum atomic E-state index is 11.3. The minimum atomic E-state index is -0.426. The van der Waals surface area contributed by atoms with Gasteiger partial charge in [0.1, 0.15) is 11.5 Å². The van der Waals surface area contributed by atoms with Crippen molar-refractivity contribution < 1.29 is 19.0 Å². The van der Waals surface area contributed by atoms with E-state index >= 15 is 0 Å². The number of nitrogens with one attached hydrogen (secondary N) is 1. The standard InChI is InChI=1S/C24H30N4O4/c1-27(14-13-25-24(29)30-2)17-21-20-16-19(32-18-8-4-3-5-9-18)11-12-22(20)28(26-21)23-10-6-7-15-31-23/h3-5,8-9,11-12,16,23H,6-7,10,13-15,17H2,1-2H3,(H,25,29). The lowest BCUT2D eigenvalue weighted by molar-refractivity contribution is -0.0369. The quantitative estimate of drug-likeness (QED) is 0.565. The van der Waals surface area contributed by atoms with Crippen LogP contribution in [0, 0.1) is 0 Å². The molecule has 1 unspecified atom stereocenters. The summed E-state index contributed by atoms with van der Waals surface area (Å²) in [6, 6.07) is 15.8. The number of amides is 1. The van der Waals surface area contributed by atoms with Crippen LogP contribution in [-0.2, 0) is 16.0 Å². The topological polar surface area (TPSA) is 77.9 Å². The molecule has 1 amide bonds. The van der Waals surface area contributed by atoms with Crippen molar-refractivity contribution in [3.63, 3.8) is 0 Å². The fourth-order valence-corrected chi connectivity index (χ4v) is 3.88. The van der Waals surface area contributed by atoms with E-state index in [1.54, 1.807) is 0 Å². The van der Waals surface area contributed by atoms with Crippen molar-refractivity contribution in [3.05, 3.63) is 54.2 Å². The normalized spacial score (nSPS) is 16.3. The number of carbonyl (C=O) groups is 1. The second-order valence-electron chi connectivity index (χ2n) is 7.96. The Morgan fingerprint density at radius 3 is 2.81 bits per heavy atom. The molecule has 1 aliphatic rings. The number of alkyl carbamates (subject to hydrolysis) is 1. The first-order valence-electron chi connectivity index (χ1n) is 11.0. The third-order valence-electron chi connectivity index (χ3n) is 5.53. The molecule has 2 aromatic carbocycles. The van der Waals surface area contributed by atoms with E-state index in [9.17, 15) is 4.79 Å². The zero-order valence-corrected chi connectivity index (χ0v) is 18.6. The van der Waals surface area contributed by atoms with Gasteiger partial charge in [0.2, 0.25) is 0 Å². The second-order valence-corrected chi connectivity index (χ2v) is 7.96. The molecular formula is C24H30N4O4. The first-order chi connectivity index (χ1) is 15.6. The highest BCUT2D eigenvalue weighted by molar-refractivity contribution is 5.83. The van der Waals surface area contributed by atoms with E-state index < -0.39 is 6.09 Å². The molecule has 8 nitrogen and oxygen atoms in total. The number of carbonyl (C=O) groups excluding carboxylic acids is 1. The van der Waals surface area contributed by atoms with Crippen LogP contribution in [0.25, 0.3) is 10.9 Å². The summed E-state index contributed by atoms with van der Waals surface area (Å²) in [7, 11) is 3.37. The fraction of sp³-hybridized carbons (Fsp3) is 0.417. The molecule has 3 aromatic rings. The number of nitrogens with zero attached hydrogens (tertiary/aromatic N) is 3. The molecule has 2 heterocycles. The minimum absolute atomic E-state index is 0.0489. The van der Waals surface area contributed by atoms with E-state index in [4.69, 9.17) is 14.6 Å². The van der Waals surface area contributed by atoms with Gasteiger partial charge in [0, 0.05) is 31.6 Å². The summed E-state index contributed by atoms with van der Waals surface area (Å²) in [5.74, 6) is 1.56. The molecule has 1 aromatic heterocycles. The number of ether oxygens (including phenoxy) is 3. The van der Waals surface area contributed by atoms with Crippen molar-refractivity contribution in [2.75, 3.05) is 33.9 Å². The molecule has 4 rings (SSSR count). The van der Waals surface area contributed by atoms with Gasteiger partial charge in [-0.3, -0.25) is 4.90 Å². The molecule has 1 saturated heterocycles. The first kappa shape index (κ1) is 22.1. The van der Waals surface area contributed by atoms with Gasteiger partial charge in [-0.2, -0.15) is 5.10 Å². The van der Waals surface area contributed by atoms with Gasteiger partial charge in [0.25, 0.3) is 0 Å². The zero-order chi connectivity index (χ0) is 22.3. The Kier molecular flexibility index (Phi) is 7.24. The number of hydrogen-bond donors (Lipinski definition) is 1. The summed E-state index contributed by atoms with van der Waals surface area (Å²) in [5.41, 5.74) is 1.99. The van der Waals surface area contributed by atoms with Crippen LogP contribution in [0.5, 0.6) is 11.5 Å². The van der Waals surface area contributed by atoms with Crippen LogP contribution in [0.4, 0.5) is 4.79 Å². The van der Waals surface area contributed by atoms with Gasteiger partial charge in [-0.1, -0.05) is 18.2 Å². The number of para-hydroxylation sites is 1. The lowest BCUT2D eigenvalue weighted by Crippen LogP contribution is -2.32. The highest BCUT2D eigenvalue weighted by Gasteiger charge is 2.22. The maximum Gasteiger partial charge on any atom is 0.406 e. The van der Waals surface area contributed by atoms with Crippen LogP contribution >= 0.6 is 0 Å². The van der Waals surface area contributed by atoms with Gasteiger partial charge in [0.15, 0.2) is 6.23 Å². The van der Waals surface area contributed by atoms with E-state index in [0.717, 1.165) is 54.0 Å². The number of methoxy groups -OCH3 is 1. The third-order valence-corrected chi connectivity index (χ3v) is 5.53. The summed E-state index contributed by atoms with van der Waals surface area (Å²) < 4.78 is 18.7. The Labute approximate surface area is 188 Å². The Hall–Kier alpha value is -3.10. The first-order valence-corrected chi connectivity index (χ1v) is 11.0. The van der Waals surface area contributed by atoms with Gasteiger partial charge in [-0.25, -0.2) is 9.48 Å². The van der Waals surface area contributed by atoms with Crippen molar-refractivity contribution in [2.24, 2.45) is 0 Å². The molecule has 0 bridgehead atoms. The molecule has 170 valence electrons. The second kappa shape index (κ2) is 10.5. The molecule has 1 fully saturated rings. The van der Waals surface area contributed by atoms with Crippen molar-refractivity contribution in [3.8, 4) is 11.5 Å². The van der Waals surface area contributed by atoms with Gasteiger partial charge >= 0.3 is 6.09 Å². The number of aromatic nitrogens is 2. The van der Waals surface area contributed by atoms with Crippen LogP contribution in [-0.4, -0.2) is 54.6 Å². The zero-order valence-electron chi connectivity index (χ0n) is 18.6. The Balaban J connectivity index is 1.58. The number of benzene rings is 2. The van der Waals surface area contributed by atoms with Crippen molar-refractivity contribution in [1.82, 2.24) is 20.0 Å². The lowest BCUT2D eigenvalue weighted by Gasteiger charge is -2.23. The van der Waals surface area contributed by atoms with Crippen molar-refractivity contribution >= 4 is 17.0 Å². The largest absolute Gasteiger partial charge is 0.457 e. The molecule has 32 heavy (non-hydrogen) atoms. The third kappa shape index (κ3) is 5.38. The van der Waals surface area contributed by atoms with Crippen LogP contribution in [0.15, 0.2) is 48.5 Å². The number of fused-ring (bicyclic) bond motifs is 1. The van der Waals surface area contributed by atoms with E-state index in [0.29, 0.717) is 19.6 Å². The predicted molar refractivity (Wildman–Crippen MR) is 122 cm³/mol. The molecular weight excluding hydrogens is 408 g/mol. The fourth-order valence-electron chi connectivity index (χ4n) is 3.88. The van der Waals surface area contributed by atoms with Gasteiger partial charge < -0.3 is 19.5 Å². The van der Waals surface area contributed by atoms with E-state index in [1.165, 1.54) is 7.11 Å². The molecule has 1 N–H and O–H groups in total. The summed E-state index contributed by atoms with van der Waals surface area (Å²) in [6.45, 7) is 2.56. The highest BCUT2D eigenvalue weighted by atomic mass is 16.5. The molecule has 0 radical (unpaired) electrons. The molecule has 0 saturated carbocycles. The van der Waals surface area contributed by atoms with E-state index in [2.05, 4.69) is 21.0 Å². The number of rotatable bonds is 8. The summed E-state index contributed by atoms with van der Waals surface area (Å²) in [6.07, 6.45) is 2.71. The molecule has 8 heteroatoms. The van der Waals surface area contributed by atoms with Crippen LogP contribution in [0.1, 0.15) is 31.2 Å². The average Bonchev–Trinajstić information content (AvgIpc) is 3.17. The van der Waals surface area contributed by atoms with E-state index in [-0.39, 0.29) is 6.23 Å². The van der Waals surface area contributed by atoms with Crippen molar-refractivity contribution in [2.45, 2.75) is 32.0 Å². The Morgan fingerprint density at radius 1 is 1.22 bits per heavy atom.